The van der Waals surface area contributed by atoms with Crippen LogP contribution in [0.25, 0.3) is 0 Å². The van der Waals surface area contributed by atoms with E-state index < -0.39 is 0 Å². The number of hydrogen-bond acceptors (Lipinski definition) is 4. The van der Waals surface area contributed by atoms with Crippen molar-refractivity contribution in [1.82, 2.24) is 4.90 Å². The van der Waals surface area contributed by atoms with Crippen molar-refractivity contribution >= 4 is 5.97 Å². The van der Waals surface area contributed by atoms with E-state index in [4.69, 9.17) is 10.00 Å². The van der Waals surface area contributed by atoms with E-state index in [9.17, 15) is 4.79 Å². The number of ether oxygens (including phenoxy) is 1. The molecule has 0 amide bonds. The van der Waals surface area contributed by atoms with Crippen LogP contribution >= 0.6 is 0 Å². The Hall–Kier alpha value is -1.08. The first-order chi connectivity index (χ1) is 7.56. The Morgan fingerprint density at radius 2 is 2.19 bits per heavy atom. The molecule has 0 heterocycles. The molecule has 0 spiro atoms. The van der Waals surface area contributed by atoms with E-state index in [1.54, 1.807) is 0 Å². The summed E-state index contributed by atoms with van der Waals surface area (Å²) in [6.07, 6.45) is 2.83. The summed E-state index contributed by atoms with van der Waals surface area (Å²) in [5, 5.41) is 8.74. The van der Waals surface area contributed by atoms with Crippen molar-refractivity contribution in [3.63, 3.8) is 0 Å². The Labute approximate surface area is 98.2 Å². The lowest BCUT2D eigenvalue weighted by atomic mass is 10.1. The van der Waals surface area contributed by atoms with Crippen molar-refractivity contribution in [2.75, 3.05) is 20.7 Å². The van der Waals surface area contributed by atoms with E-state index >= 15 is 0 Å². The lowest BCUT2D eigenvalue weighted by Crippen LogP contribution is -2.41. The van der Waals surface area contributed by atoms with Crippen molar-refractivity contribution in [3.05, 3.63) is 0 Å². The fraction of sp³-hybridized carbons (Fsp3) is 0.833. The molecular formula is C12H22N2O2. The summed E-state index contributed by atoms with van der Waals surface area (Å²) >= 11 is 0. The summed E-state index contributed by atoms with van der Waals surface area (Å²) in [7, 11) is 3.27. The monoisotopic (exact) mass is 226 g/mol. The Morgan fingerprint density at radius 3 is 2.62 bits per heavy atom. The van der Waals surface area contributed by atoms with Crippen molar-refractivity contribution in [2.24, 2.45) is 5.92 Å². The lowest BCUT2D eigenvalue weighted by Gasteiger charge is -2.26. The summed E-state index contributed by atoms with van der Waals surface area (Å²) in [5.74, 6) is -0.278. The van der Waals surface area contributed by atoms with Gasteiger partial charge in [0.15, 0.2) is 0 Å². The van der Waals surface area contributed by atoms with Crippen LogP contribution in [0.1, 0.15) is 33.1 Å². The Morgan fingerprint density at radius 1 is 1.56 bits per heavy atom. The van der Waals surface area contributed by atoms with E-state index in [0.29, 0.717) is 6.54 Å². The lowest BCUT2D eigenvalue weighted by molar-refractivity contribution is -0.146. The van der Waals surface area contributed by atoms with Crippen LogP contribution in [0.2, 0.25) is 0 Å². The highest BCUT2D eigenvalue weighted by atomic mass is 16.5. The molecule has 0 aromatic carbocycles. The molecule has 0 fully saturated rings. The molecule has 0 bridgehead atoms. The highest BCUT2D eigenvalue weighted by Crippen LogP contribution is 2.11. The van der Waals surface area contributed by atoms with Crippen molar-refractivity contribution in [2.45, 2.75) is 39.2 Å². The molecule has 4 heteroatoms. The van der Waals surface area contributed by atoms with Gasteiger partial charge >= 0.3 is 5.97 Å². The normalized spacial score (nSPS) is 14.2. The number of nitriles is 1. The van der Waals surface area contributed by atoms with Crippen LogP contribution in [0.15, 0.2) is 0 Å². The molecule has 0 rings (SSSR count). The number of rotatable bonds is 7. The van der Waals surface area contributed by atoms with Gasteiger partial charge in [0.25, 0.3) is 0 Å². The van der Waals surface area contributed by atoms with Crippen molar-refractivity contribution in [1.29, 1.82) is 5.26 Å². The number of likely N-dealkylation sites (N-methyl/N-ethyl adjacent to an activating group) is 1. The number of hydrogen-bond donors (Lipinski definition) is 0. The number of unbranched alkanes of at least 4 members (excludes halogenated alkanes) is 1. The van der Waals surface area contributed by atoms with Gasteiger partial charge in [0.2, 0.25) is 0 Å². The zero-order chi connectivity index (χ0) is 12.6. The Kier molecular flexibility index (Phi) is 7.57. The smallest absolute Gasteiger partial charge is 0.323 e. The van der Waals surface area contributed by atoms with Gasteiger partial charge in [0.05, 0.1) is 19.1 Å². The van der Waals surface area contributed by atoms with E-state index in [2.05, 4.69) is 13.0 Å². The molecule has 0 N–H and O–H groups in total. The average molecular weight is 226 g/mol. The number of esters is 1. The predicted molar refractivity (Wildman–Crippen MR) is 62.7 cm³/mol. The predicted octanol–water partition coefficient (Wildman–Crippen LogP) is 1.81. The molecule has 16 heavy (non-hydrogen) atoms. The fourth-order valence-electron chi connectivity index (χ4n) is 1.65. The molecule has 0 saturated heterocycles. The molecule has 2 atom stereocenters. The first kappa shape index (κ1) is 14.9. The van der Waals surface area contributed by atoms with Gasteiger partial charge in [0, 0.05) is 6.54 Å². The van der Waals surface area contributed by atoms with Gasteiger partial charge in [-0.05, 0) is 20.4 Å². The zero-order valence-electron chi connectivity index (χ0n) is 10.7. The summed E-state index contributed by atoms with van der Waals surface area (Å²) < 4.78 is 4.78. The van der Waals surface area contributed by atoms with E-state index in [0.717, 1.165) is 19.3 Å². The third kappa shape index (κ3) is 5.13. The summed E-state index contributed by atoms with van der Waals surface area (Å²) in [6, 6.07) is 1.95. The maximum absolute atomic E-state index is 11.6. The zero-order valence-corrected chi connectivity index (χ0v) is 10.7. The largest absolute Gasteiger partial charge is 0.468 e. The molecule has 2 unspecified atom stereocenters. The second-order valence-electron chi connectivity index (χ2n) is 4.15. The molecule has 0 saturated carbocycles. The van der Waals surface area contributed by atoms with Crippen LogP contribution in [0.4, 0.5) is 0 Å². The van der Waals surface area contributed by atoms with Crippen LogP contribution in [0, 0.1) is 17.2 Å². The number of carbonyl (C=O) groups excluding carboxylic acids is 1. The van der Waals surface area contributed by atoms with Crippen LogP contribution in [0.3, 0.4) is 0 Å². The van der Waals surface area contributed by atoms with Crippen molar-refractivity contribution < 1.29 is 9.53 Å². The number of methoxy groups -OCH3 is 1. The maximum Gasteiger partial charge on any atom is 0.323 e. The summed E-state index contributed by atoms with van der Waals surface area (Å²) in [6.45, 7) is 4.54. The standard InChI is InChI=1S/C12H22N2O2/c1-5-6-7-11(12(15)16-4)14(3)9-10(2)8-13/h10-11H,5-7,9H2,1-4H3. The Bertz CT molecular complexity index is 248. The SMILES string of the molecule is CCCCC(C(=O)OC)N(C)CC(C)C#N. The molecule has 92 valence electrons. The fourth-order valence-corrected chi connectivity index (χ4v) is 1.65. The highest BCUT2D eigenvalue weighted by Gasteiger charge is 2.24. The minimum Gasteiger partial charge on any atom is -0.468 e. The van der Waals surface area contributed by atoms with Crippen LogP contribution < -0.4 is 0 Å². The summed E-state index contributed by atoms with van der Waals surface area (Å²) in [5.41, 5.74) is 0. The van der Waals surface area contributed by atoms with E-state index in [1.807, 2.05) is 18.9 Å². The van der Waals surface area contributed by atoms with Gasteiger partial charge in [-0.3, -0.25) is 9.69 Å². The molecule has 0 aromatic heterocycles. The molecule has 0 radical (unpaired) electrons. The number of carbonyl (C=O) groups is 1. The van der Waals surface area contributed by atoms with Gasteiger partial charge in [-0.2, -0.15) is 5.26 Å². The van der Waals surface area contributed by atoms with E-state index in [-0.39, 0.29) is 17.9 Å². The summed E-state index contributed by atoms with van der Waals surface area (Å²) in [4.78, 5) is 13.5. The first-order valence-corrected chi connectivity index (χ1v) is 5.74. The highest BCUT2D eigenvalue weighted by molar-refractivity contribution is 5.75. The second-order valence-corrected chi connectivity index (χ2v) is 4.15. The first-order valence-electron chi connectivity index (χ1n) is 5.74. The maximum atomic E-state index is 11.6. The molecule has 0 aliphatic heterocycles. The minimum absolute atomic E-state index is 0.0706. The van der Waals surface area contributed by atoms with Gasteiger partial charge in [0.1, 0.15) is 6.04 Å². The van der Waals surface area contributed by atoms with Crippen LogP contribution in [0.5, 0.6) is 0 Å². The average Bonchev–Trinajstić information content (AvgIpc) is 2.28. The quantitative estimate of drug-likeness (QED) is 0.621. The molecule has 0 aromatic rings. The third-order valence-corrected chi connectivity index (χ3v) is 2.62. The van der Waals surface area contributed by atoms with Gasteiger partial charge in [-0.25, -0.2) is 0 Å². The Balaban J connectivity index is 4.37. The molecular weight excluding hydrogens is 204 g/mol. The topological polar surface area (TPSA) is 53.3 Å². The van der Waals surface area contributed by atoms with Crippen LogP contribution in [-0.2, 0) is 9.53 Å². The minimum atomic E-state index is -0.222. The van der Waals surface area contributed by atoms with Gasteiger partial charge in [-0.15, -0.1) is 0 Å². The third-order valence-electron chi connectivity index (χ3n) is 2.62. The molecule has 0 aliphatic carbocycles. The molecule has 4 nitrogen and oxygen atoms in total. The second kappa shape index (κ2) is 8.12. The van der Waals surface area contributed by atoms with Crippen LogP contribution in [-0.4, -0.2) is 37.6 Å². The van der Waals surface area contributed by atoms with Gasteiger partial charge < -0.3 is 4.74 Å². The molecule has 0 aliphatic rings. The van der Waals surface area contributed by atoms with Crippen molar-refractivity contribution in [3.8, 4) is 6.07 Å². The number of nitrogens with zero attached hydrogens (tertiary/aromatic N) is 2. The van der Waals surface area contributed by atoms with E-state index in [1.165, 1.54) is 7.11 Å². The van der Waals surface area contributed by atoms with Gasteiger partial charge in [-0.1, -0.05) is 19.8 Å².